The van der Waals surface area contributed by atoms with E-state index in [9.17, 15) is 18.9 Å². The monoisotopic (exact) mass is 561 g/mol. The number of hydrogen-bond acceptors (Lipinski definition) is 6. The molecule has 0 spiro atoms. The first-order chi connectivity index (χ1) is 18.6. The molecule has 39 heavy (non-hydrogen) atoms. The van der Waals surface area contributed by atoms with Crippen molar-refractivity contribution in [3.63, 3.8) is 0 Å². The highest BCUT2D eigenvalue weighted by Gasteiger charge is 2.43. The minimum absolute atomic E-state index is 0.0165. The first-order valence-corrected chi connectivity index (χ1v) is 16.9. The summed E-state index contributed by atoms with van der Waals surface area (Å²) >= 11 is 0. The van der Waals surface area contributed by atoms with Gasteiger partial charge >= 0.3 is 5.97 Å². The Kier molecular flexibility index (Phi) is 12.2. The van der Waals surface area contributed by atoms with Crippen LogP contribution in [0.25, 0.3) is 0 Å². The summed E-state index contributed by atoms with van der Waals surface area (Å²) < 4.78 is 25.8. The summed E-state index contributed by atoms with van der Waals surface area (Å²) in [4.78, 5) is 40.0. The van der Waals surface area contributed by atoms with Crippen LogP contribution < -0.4 is 0 Å². The number of nitrogens with zero attached hydrogens (tertiary/aromatic N) is 1. The van der Waals surface area contributed by atoms with Gasteiger partial charge in [-0.25, -0.2) is 0 Å². The van der Waals surface area contributed by atoms with E-state index in [1.54, 1.807) is 18.7 Å². The van der Waals surface area contributed by atoms with Gasteiger partial charge in [0.25, 0.3) is 0 Å². The molecule has 8 heteroatoms. The number of benzene rings is 1. The SMILES string of the molecule is CCC(=O)OC(OP(=O)(CCCCc1ccccc1)CC(=O)N1CC(C2CCCCC2)CC1C(C)=O)C(C)C. The predicted octanol–water partition coefficient (Wildman–Crippen LogP) is 6.63. The molecule has 218 valence electrons. The Morgan fingerprint density at radius 1 is 1.03 bits per heavy atom. The van der Waals surface area contributed by atoms with Crippen LogP contribution in [0.3, 0.4) is 0 Å². The molecule has 0 N–H and O–H groups in total. The van der Waals surface area contributed by atoms with Gasteiger partial charge in [-0.05, 0) is 50.0 Å². The zero-order valence-corrected chi connectivity index (χ0v) is 25.2. The highest BCUT2D eigenvalue weighted by atomic mass is 31.2. The van der Waals surface area contributed by atoms with Crippen molar-refractivity contribution in [2.24, 2.45) is 17.8 Å². The summed E-state index contributed by atoms with van der Waals surface area (Å²) in [5.41, 5.74) is 1.20. The Morgan fingerprint density at radius 2 is 1.72 bits per heavy atom. The first-order valence-electron chi connectivity index (χ1n) is 14.9. The molecule has 1 aromatic carbocycles. The standard InChI is InChI=1S/C31H48NO6P/c1-5-30(35)37-31(23(2)3)38-39(36,19-13-12-16-25-14-8-6-9-15-25)22-29(34)32-21-27(20-28(32)24(4)33)26-17-10-7-11-18-26/h6,8-9,14-15,23,26-28,31H,5,7,10-13,16-22H2,1-4H3. The van der Waals surface area contributed by atoms with Crippen LogP contribution in [0.5, 0.6) is 0 Å². The average Bonchev–Trinajstić information content (AvgIpc) is 3.38. The van der Waals surface area contributed by atoms with E-state index in [-0.39, 0.29) is 36.4 Å². The van der Waals surface area contributed by atoms with Crippen molar-refractivity contribution in [3.05, 3.63) is 35.9 Å². The van der Waals surface area contributed by atoms with E-state index in [1.807, 2.05) is 32.0 Å². The van der Waals surface area contributed by atoms with Crippen molar-refractivity contribution in [1.82, 2.24) is 4.90 Å². The third-order valence-electron chi connectivity index (χ3n) is 8.25. The molecule has 1 aliphatic carbocycles. The van der Waals surface area contributed by atoms with Gasteiger partial charge < -0.3 is 9.64 Å². The van der Waals surface area contributed by atoms with Gasteiger partial charge in [0.1, 0.15) is 6.16 Å². The normalized spacial score (nSPS) is 22.4. The fraction of sp³-hybridized carbons (Fsp3) is 0.710. The smallest absolute Gasteiger partial charge is 0.307 e. The minimum atomic E-state index is -3.51. The molecule has 2 aliphatic rings. The largest absolute Gasteiger partial charge is 0.435 e. The van der Waals surface area contributed by atoms with E-state index in [4.69, 9.17) is 9.26 Å². The molecular weight excluding hydrogens is 513 g/mol. The van der Waals surface area contributed by atoms with Crippen molar-refractivity contribution in [2.75, 3.05) is 18.9 Å². The number of likely N-dealkylation sites (tertiary alicyclic amines) is 1. The van der Waals surface area contributed by atoms with Gasteiger partial charge in [0.05, 0.1) is 6.04 Å². The van der Waals surface area contributed by atoms with Gasteiger partial charge in [0.15, 0.2) is 5.78 Å². The molecule has 4 atom stereocenters. The van der Waals surface area contributed by atoms with Crippen LogP contribution in [0.1, 0.15) is 91.0 Å². The Hall–Kier alpha value is -1.98. The highest BCUT2D eigenvalue weighted by molar-refractivity contribution is 7.59. The minimum Gasteiger partial charge on any atom is -0.435 e. The van der Waals surface area contributed by atoms with E-state index >= 15 is 0 Å². The number of amides is 1. The number of hydrogen-bond donors (Lipinski definition) is 0. The van der Waals surface area contributed by atoms with Gasteiger partial charge in [-0.2, -0.15) is 0 Å². The van der Waals surface area contributed by atoms with Crippen LogP contribution in [-0.4, -0.2) is 53.8 Å². The molecular formula is C31H48NO6P. The summed E-state index contributed by atoms with van der Waals surface area (Å²) in [7, 11) is -3.51. The second kappa shape index (κ2) is 15.1. The van der Waals surface area contributed by atoms with Crippen LogP contribution in [0.2, 0.25) is 0 Å². The number of carbonyl (C=O) groups excluding carboxylic acids is 3. The highest BCUT2D eigenvalue weighted by Crippen LogP contribution is 2.51. The van der Waals surface area contributed by atoms with Crippen LogP contribution in [0.4, 0.5) is 0 Å². The number of rotatable bonds is 14. The number of aryl methyl sites for hydroxylation is 1. The molecule has 0 aromatic heterocycles. The van der Waals surface area contributed by atoms with Crippen LogP contribution in [-0.2, 0) is 34.6 Å². The number of ether oxygens (including phenoxy) is 1. The van der Waals surface area contributed by atoms with Crippen molar-refractivity contribution in [2.45, 2.75) is 104 Å². The summed E-state index contributed by atoms with van der Waals surface area (Å²) in [5, 5.41) is 0. The van der Waals surface area contributed by atoms with Crippen LogP contribution >= 0.6 is 7.37 Å². The number of ketones is 1. The number of unbranched alkanes of at least 4 members (excludes halogenated alkanes) is 1. The average molecular weight is 562 g/mol. The predicted molar refractivity (Wildman–Crippen MR) is 154 cm³/mol. The van der Waals surface area contributed by atoms with Crippen molar-refractivity contribution in [3.8, 4) is 0 Å². The molecule has 7 nitrogen and oxygen atoms in total. The van der Waals surface area contributed by atoms with Crippen molar-refractivity contribution >= 4 is 25.0 Å². The number of carbonyl (C=O) groups is 3. The molecule has 4 unspecified atom stereocenters. The molecule has 0 bridgehead atoms. The zero-order valence-electron chi connectivity index (χ0n) is 24.3. The fourth-order valence-electron chi connectivity index (χ4n) is 5.95. The third-order valence-corrected chi connectivity index (χ3v) is 10.6. The molecule has 1 heterocycles. The summed E-state index contributed by atoms with van der Waals surface area (Å²) in [5.74, 6) is -0.106. The van der Waals surface area contributed by atoms with E-state index < -0.39 is 25.7 Å². The molecule has 1 aliphatic heterocycles. The fourth-order valence-corrected chi connectivity index (χ4v) is 8.25. The van der Waals surface area contributed by atoms with E-state index in [1.165, 1.54) is 24.8 Å². The molecule has 1 aromatic rings. The van der Waals surface area contributed by atoms with Crippen LogP contribution in [0.15, 0.2) is 30.3 Å². The Morgan fingerprint density at radius 3 is 2.33 bits per heavy atom. The second-order valence-electron chi connectivity index (χ2n) is 11.8. The summed E-state index contributed by atoms with van der Waals surface area (Å²) in [6.45, 7) is 7.48. The Bertz CT molecular complexity index is 990. The molecule has 1 saturated carbocycles. The maximum atomic E-state index is 14.3. The van der Waals surface area contributed by atoms with Crippen LogP contribution in [0, 0.1) is 17.8 Å². The summed E-state index contributed by atoms with van der Waals surface area (Å²) in [6, 6.07) is 9.65. The lowest BCUT2D eigenvalue weighted by molar-refractivity contribution is -0.169. The van der Waals surface area contributed by atoms with E-state index in [2.05, 4.69) is 12.1 Å². The number of Topliss-reactive ketones (excluding diaryl/α,β-unsaturated/α-hetero) is 1. The Balaban J connectivity index is 1.73. The molecule has 1 amide bonds. The third kappa shape index (κ3) is 9.56. The summed E-state index contributed by atoms with van der Waals surface area (Å²) in [6.07, 6.45) is 8.08. The maximum Gasteiger partial charge on any atom is 0.307 e. The molecule has 0 radical (unpaired) electrons. The quantitative estimate of drug-likeness (QED) is 0.110. The molecule has 2 fully saturated rings. The van der Waals surface area contributed by atoms with E-state index in [0.29, 0.717) is 31.2 Å². The van der Waals surface area contributed by atoms with Crippen molar-refractivity contribution < 1.29 is 28.2 Å². The van der Waals surface area contributed by atoms with Gasteiger partial charge in [0.2, 0.25) is 19.6 Å². The topological polar surface area (TPSA) is 90.0 Å². The first kappa shape index (κ1) is 31.5. The van der Waals surface area contributed by atoms with E-state index in [0.717, 1.165) is 25.7 Å². The zero-order chi connectivity index (χ0) is 28.4. The maximum absolute atomic E-state index is 14.3. The second-order valence-corrected chi connectivity index (χ2v) is 14.4. The molecule has 3 rings (SSSR count). The van der Waals surface area contributed by atoms with Crippen molar-refractivity contribution in [1.29, 1.82) is 0 Å². The Labute approximate surface area is 234 Å². The molecule has 1 saturated heterocycles. The number of esters is 1. The lowest BCUT2D eigenvalue weighted by Crippen LogP contribution is -2.41. The van der Waals surface area contributed by atoms with Gasteiger partial charge in [-0.3, -0.25) is 23.5 Å². The lowest BCUT2D eigenvalue weighted by atomic mass is 9.79. The van der Waals surface area contributed by atoms with Gasteiger partial charge in [-0.15, -0.1) is 0 Å². The lowest BCUT2D eigenvalue weighted by Gasteiger charge is -2.30. The van der Waals surface area contributed by atoms with Gasteiger partial charge in [0, 0.05) is 25.0 Å². The van der Waals surface area contributed by atoms with Gasteiger partial charge in [-0.1, -0.05) is 83.2 Å².